The summed E-state index contributed by atoms with van der Waals surface area (Å²) in [6.07, 6.45) is 5.85. The van der Waals surface area contributed by atoms with Gasteiger partial charge in [-0.1, -0.05) is 13.8 Å². The monoisotopic (exact) mass is 253 g/mol. The van der Waals surface area contributed by atoms with E-state index in [4.69, 9.17) is 4.74 Å². The van der Waals surface area contributed by atoms with Crippen LogP contribution >= 0.6 is 0 Å². The first-order valence-electron chi connectivity index (χ1n) is 7.69. The van der Waals surface area contributed by atoms with E-state index in [2.05, 4.69) is 39.9 Å². The van der Waals surface area contributed by atoms with Gasteiger partial charge in [-0.25, -0.2) is 0 Å². The van der Waals surface area contributed by atoms with Gasteiger partial charge in [0.1, 0.15) is 0 Å². The van der Waals surface area contributed by atoms with Crippen LogP contribution in [-0.2, 0) is 4.74 Å². The highest BCUT2D eigenvalue weighted by molar-refractivity contribution is 5.01. The number of rotatable bonds is 5. The van der Waals surface area contributed by atoms with E-state index in [1.807, 2.05) is 0 Å². The molecule has 0 spiro atoms. The van der Waals surface area contributed by atoms with Crippen LogP contribution < -0.4 is 5.32 Å². The van der Waals surface area contributed by atoms with Crippen molar-refractivity contribution in [2.24, 2.45) is 17.3 Å². The molecule has 1 aliphatic heterocycles. The molecule has 18 heavy (non-hydrogen) atoms. The topological polar surface area (TPSA) is 21.3 Å². The van der Waals surface area contributed by atoms with Gasteiger partial charge in [-0.3, -0.25) is 0 Å². The number of hydrogen-bond acceptors (Lipinski definition) is 2. The van der Waals surface area contributed by atoms with E-state index in [0.717, 1.165) is 25.0 Å². The summed E-state index contributed by atoms with van der Waals surface area (Å²) in [7, 11) is 0. The van der Waals surface area contributed by atoms with E-state index in [0.29, 0.717) is 11.5 Å². The average molecular weight is 253 g/mol. The summed E-state index contributed by atoms with van der Waals surface area (Å²) in [4.78, 5) is 0. The van der Waals surface area contributed by atoms with Crippen LogP contribution in [0, 0.1) is 17.3 Å². The minimum Gasteiger partial charge on any atom is -0.377 e. The molecule has 1 aliphatic carbocycles. The van der Waals surface area contributed by atoms with Crippen molar-refractivity contribution in [2.75, 3.05) is 13.2 Å². The number of nitrogens with one attached hydrogen (secondary N) is 1. The molecular formula is C16H31NO. The molecule has 2 aliphatic rings. The zero-order chi connectivity index (χ0) is 13.4. The molecule has 106 valence electrons. The van der Waals surface area contributed by atoms with Gasteiger partial charge in [0.15, 0.2) is 0 Å². The zero-order valence-corrected chi connectivity index (χ0v) is 12.9. The molecule has 1 saturated carbocycles. The Hall–Kier alpha value is -0.0800. The quantitative estimate of drug-likeness (QED) is 0.808. The van der Waals surface area contributed by atoms with Crippen molar-refractivity contribution in [3.8, 4) is 0 Å². The average Bonchev–Trinajstić information content (AvgIpc) is 2.97. The molecular weight excluding hydrogens is 222 g/mol. The number of ether oxygens (including phenoxy) is 1. The molecule has 2 heteroatoms. The van der Waals surface area contributed by atoms with Gasteiger partial charge >= 0.3 is 0 Å². The van der Waals surface area contributed by atoms with Crippen molar-refractivity contribution in [2.45, 2.75) is 71.9 Å². The van der Waals surface area contributed by atoms with Crippen molar-refractivity contribution < 1.29 is 4.74 Å². The molecule has 0 aromatic carbocycles. The van der Waals surface area contributed by atoms with Crippen LogP contribution in [0.15, 0.2) is 0 Å². The molecule has 2 unspecified atom stereocenters. The molecule has 0 aromatic rings. The van der Waals surface area contributed by atoms with Crippen molar-refractivity contribution in [1.29, 1.82) is 0 Å². The molecule has 2 rings (SSSR count). The summed E-state index contributed by atoms with van der Waals surface area (Å²) in [6, 6.07) is 0. The highest BCUT2D eigenvalue weighted by Crippen LogP contribution is 2.50. The lowest BCUT2D eigenvalue weighted by atomic mass is 9.72. The van der Waals surface area contributed by atoms with Gasteiger partial charge in [-0.2, -0.15) is 0 Å². The fourth-order valence-electron chi connectivity index (χ4n) is 3.48. The smallest absolute Gasteiger partial charge is 0.0672 e. The first kappa shape index (κ1) is 14.3. The fourth-order valence-corrected chi connectivity index (χ4v) is 3.48. The third-order valence-electron chi connectivity index (χ3n) is 4.34. The van der Waals surface area contributed by atoms with Crippen molar-refractivity contribution in [3.05, 3.63) is 0 Å². The van der Waals surface area contributed by atoms with Crippen LogP contribution in [0.5, 0.6) is 0 Å². The minimum absolute atomic E-state index is 0.209. The minimum atomic E-state index is 0.209. The summed E-state index contributed by atoms with van der Waals surface area (Å²) < 4.78 is 6.12. The Kier molecular flexibility index (Phi) is 4.08. The first-order valence-corrected chi connectivity index (χ1v) is 7.69. The van der Waals surface area contributed by atoms with Crippen LogP contribution in [0.25, 0.3) is 0 Å². The van der Waals surface area contributed by atoms with Crippen LogP contribution in [-0.4, -0.2) is 24.8 Å². The number of hydrogen-bond donors (Lipinski definition) is 1. The Balaban J connectivity index is 2.06. The maximum Gasteiger partial charge on any atom is 0.0672 e. The second-order valence-corrected chi connectivity index (χ2v) is 7.94. The van der Waals surface area contributed by atoms with Gasteiger partial charge in [0, 0.05) is 24.1 Å². The lowest BCUT2D eigenvalue weighted by Crippen LogP contribution is -2.48. The second kappa shape index (κ2) is 5.13. The third kappa shape index (κ3) is 3.48. The molecule has 2 nitrogen and oxygen atoms in total. The Morgan fingerprint density at radius 2 is 1.94 bits per heavy atom. The lowest BCUT2D eigenvalue weighted by molar-refractivity contribution is 0.0179. The van der Waals surface area contributed by atoms with E-state index in [9.17, 15) is 0 Å². The fraction of sp³-hybridized carbons (Fsp3) is 1.00. The molecule has 0 aromatic heterocycles. The van der Waals surface area contributed by atoms with Crippen LogP contribution in [0.1, 0.15) is 60.3 Å². The second-order valence-electron chi connectivity index (χ2n) is 7.94. The van der Waals surface area contributed by atoms with Gasteiger partial charge < -0.3 is 10.1 Å². The third-order valence-corrected chi connectivity index (χ3v) is 4.34. The summed E-state index contributed by atoms with van der Waals surface area (Å²) in [5, 5.41) is 3.74. The van der Waals surface area contributed by atoms with E-state index < -0.39 is 0 Å². The largest absolute Gasteiger partial charge is 0.377 e. The zero-order valence-electron chi connectivity index (χ0n) is 12.9. The van der Waals surface area contributed by atoms with Gasteiger partial charge in [0.2, 0.25) is 0 Å². The van der Waals surface area contributed by atoms with Crippen molar-refractivity contribution in [1.82, 2.24) is 5.32 Å². The molecule has 1 saturated heterocycles. The summed E-state index contributed by atoms with van der Waals surface area (Å²) in [5.41, 5.74) is 0.600. The van der Waals surface area contributed by atoms with Crippen LogP contribution in [0.3, 0.4) is 0 Å². The van der Waals surface area contributed by atoms with E-state index in [1.54, 1.807) is 0 Å². The first-order chi connectivity index (χ1) is 8.32. The van der Waals surface area contributed by atoms with Crippen molar-refractivity contribution in [3.63, 3.8) is 0 Å². The van der Waals surface area contributed by atoms with Crippen LogP contribution in [0.2, 0.25) is 0 Å². The van der Waals surface area contributed by atoms with Gasteiger partial charge in [-0.15, -0.1) is 0 Å². The SMILES string of the molecule is CC(C)CC1(CNC(C)(C)C)CCOC1C1CC1. The molecule has 1 heterocycles. The van der Waals surface area contributed by atoms with E-state index in [-0.39, 0.29) is 5.54 Å². The lowest BCUT2D eigenvalue weighted by Gasteiger charge is -2.38. The summed E-state index contributed by atoms with van der Waals surface area (Å²) in [5.74, 6) is 1.61. The molecule has 2 atom stereocenters. The Labute approximate surface area is 113 Å². The van der Waals surface area contributed by atoms with E-state index in [1.165, 1.54) is 25.7 Å². The highest BCUT2D eigenvalue weighted by atomic mass is 16.5. The Morgan fingerprint density at radius 1 is 1.28 bits per heavy atom. The predicted molar refractivity (Wildman–Crippen MR) is 76.7 cm³/mol. The van der Waals surface area contributed by atoms with E-state index >= 15 is 0 Å². The van der Waals surface area contributed by atoms with Crippen molar-refractivity contribution >= 4 is 0 Å². The van der Waals surface area contributed by atoms with Gasteiger partial charge in [-0.05, 0) is 58.3 Å². The molecule has 1 N–H and O–H groups in total. The molecule has 0 radical (unpaired) electrons. The maximum atomic E-state index is 6.12. The maximum absolute atomic E-state index is 6.12. The molecule has 0 bridgehead atoms. The Morgan fingerprint density at radius 3 is 2.44 bits per heavy atom. The van der Waals surface area contributed by atoms with Crippen LogP contribution in [0.4, 0.5) is 0 Å². The van der Waals surface area contributed by atoms with Gasteiger partial charge in [0.25, 0.3) is 0 Å². The van der Waals surface area contributed by atoms with Gasteiger partial charge in [0.05, 0.1) is 6.10 Å². The molecule has 0 amide bonds. The normalized spacial score (nSPS) is 33.3. The standard InChI is InChI=1S/C16H31NO/c1-12(2)10-16(11-17-15(3,4)5)8-9-18-14(16)13-6-7-13/h12-14,17H,6-11H2,1-5H3. The summed E-state index contributed by atoms with van der Waals surface area (Å²) >= 11 is 0. The summed E-state index contributed by atoms with van der Waals surface area (Å²) in [6.45, 7) is 13.6. The predicted octanol–water partition coefficient (Wildman–Crippen LogP) is 3.61. The highest BCUT2D eigenvalue weighted by Gasteiger charge is 2.50. The molecule has 2 fully saturated rings. The Bertz CT molecular complexity index is 277.